The molecule has 0 saturated carbocycles. The highest BCUT2D eigenvalue weighted by molar-refractivity contribution is 5.88. The highest BCUT2D eigenvalue weighted by Crippen LogP contribution is 2.53. The van der Waals surface area contributed by atoms with E-state index in [-0.39, 0.29) is 29.6 Å². The van der Waals surface area contributed by atoms with Gasteiger partial charge in [0, 0.05) is 52.6 Å². The van der Waals surface area contributed by atoms with Crippen LogP contribution < -0.4 is 9.80 Å². The summed E-state index contributed by atoms with van der Waals surface area (Å²) < 4.78 is 19.3. The van der Waals surface area contributed by atoms with E-state index in [2.05, 4.69) is 279 Å². The summed E-state index contributed by atoms with van der Waals surface area (Å²) in [7, 11) is 0. The van der Waals surface area contributed by atoms with Crippen LogP contribution in [-0.4, -0.2) is 6.04 Å². The lowest BCUT2D eigenvalue weighted by atomic mass is 9.82. The van der Waals surface area contributed by atoms with Gasteiger partial charge in [0.25, 0.3) is 0 Å². The Hall–Kier alpha value is -9.10. The van der Waals surface area contributed by atoms with E-state index in [1.807, 2.05) is 6.08 Å². The maximum absolute atomic E-state index is 6.61. The van der Waals surface area contributed by atoms with Crippen LogP contribution in [0.25, 0.3) is 33.9 Å². The highest BCUT2D eigenvalue weighted by atomic mass is 16.5. The Kier molecular flexibility index (Phi) is 13.3. The average Bonchev–Trinajstić information content (AvgIpc) is 3.10. The van der Waals surface area contributed by atoms with Crippen LogP contribution in [-0.2, 0) is 58.9 Å². The fourth-order valence-electron chi connectivity index (χ4n) is 13.6. The number of hydrogen-bond donors (Lipinski definition) is 0. The normalized spacial score (nSPS) is 18.0. The van der Waals surface area contributed by atoms with Gasteiger partial charge in [-0.25, -0.2) is 0 Å². The van der Waals surface area contributed by atoms with Crippen LogP contribution in [0, 0.1) is 0 Å². The molecule has 5 nitrogen and oxygen atoms in total. The van der Waals surface area contributed by atoms with Gasteiger partial charge >= 0.3 is 0 Å². The first-order chi connectivity index (χ1) is 41.3. The SMILES string of the molecule is C=Cc1ccc(COCc2ccc3c(c2)C(C)(C)c2cc(N(c4ccc(C5=CC6c7cc(COC8Cc9ccccc98)ccc7N(c7ccc(COC8Cc9ccccc98)cc7)C6C=C5)cc4)c4ccc(-c5ccccc5)cc4)ccc2-3)cc1. The van der Waals surface area contributed by atoms with Gasteiger partial charge in [-0.15, -0.1) is 0 Å². The van der Waals surface area contributed by atoms with E-state index in [1.165, 1.54) is 100 Å². The zero-order chi connectivity index (χ0) is 56.3. The molecule has 4 unspecified atom stereocenters. The van der Waals surface area contributed by atoms with Gasteiger partial charge in [0.1, 0.15) is 0 Å². The Morgan fingerprint density at radius 3 is 1.71 bits per heavy atom. The van der Waals surface area contributed by atoms with Gasteiger partial charge in [0.05, 0.1) is 44.7 Å². The molecule has 4 aliphatic carbocycles. The van der Waals surface area contributed by atoms with Crippen molar-refractivity contribution in [1.29, 1.82) is 0 Å². The Balaban J connectivity index is 0.719. The van der Waals surface area contributed by atoms with Gasteiger partial charge in [-0.05, 0) is 155 Å². The summed E-state index contributed by atoms with van der Waals surface area (Å²) in [5.74, 6) is 0.133. The number of rotatable bonds is 17. The first kappa shape index (κ1) is 51.8. The maximum atomic E-state index is 6.61. The molecular weight excluding hydrogens is 1020 g/mol. The summed E-state index contributed by atoms with van der Waals surface area (Å²) in [5, 5.41) is 0. The number of ether oxygens (including phenoxy) is 3. The third kappa shape index (κ3) is 9.53. The molecule has 5 aliphatic rings. The third-order valence-corrected chi connectivity index (χ3v) is 18.4. The summed E-state index contributed by atoms with van der Waals surface area (Å²) in [5.41, 5.74) is 28.1. The lowest BCUT2D eigenvalue weighted by Crippen LogP contribution is -2.29. The van der Waals surface area contributed by atoms with Crippen molar-refractivity contribution in [2.45, 2.75) is 82.7 Å². The highest BCUT2D eigenvalue weighted by Gasteiger charge is 2.40. The number of anilines is 5. The van der Waals surface area contributed by atoms with Gasteiger partial charge in [-0.3, -0.25) is 0 Å². The summed E-state index contributed by atoms with van der Waals surface area (Å²) in [6.45, 7) is 10.9. The van der Waals surface area contributed by atoms with Crippen LogP contribution in [0.1, 0.15) is 104 Å². The Morgan fingerprint density at radius 2 is 1.04 bits per heavy atom. The van der Waals surface area contributed by atoms with E-state index < -0.39 is 0 Å². The van der Waals surface area contributed by atoms with E-state index in [1.54, 1.807) is 0 Å². The third-order valence-electron chi connectivity index (χ3n) is 18.4. The van der Waals surface area contributed by atoms with Crippen LogP contribution in [0.4, 0.5) is 28.4 Å². The van der Waals surface area contributed by atoms with Gasteiger partial charge in [-0.2, -0.15) is 0 Å². The van der Waals surface area contributed by atoms with Crippen LogP contribution in [0.5, 0.6) is 0 Å². The van der Waals surface area contributed by atoms with Crippen molar-refractivity contribution < 1.29 is 14.2 Å². The molecule has 84 heavy (non-hydrogen) atoms. The Morgan fingerprint density at radius 1 is 0.500 bits per heavy atom. The molecule has 0 spiro atoms. The molecule has 10 aromatic rings. The Labute approximate surface area is 494 Å². The molecule has 0 fully saturated rings. The molecule has 15 rings (SSSR count). The second-order valence-electron chi connectivity index (χ2n) is 23.8. The minimum Gasteiger partial charge on any atom is -0.372 e. The molecule has 1 aliphatic heterocycles. The minimum absolute atomic E-state index is 0.113. The van der Waals surface area contributed by atoms with Gasteiger partial charge < -0.3 is 24.0 Å². The van der Waals surface area contributed by atoms with Crippen LogP contribution in [0.15, 0.2) is 255 Å². The second kappa shape index (κ2) is 21.6. The zero-order valence-electron chi connectivity index (χ0n) is 47.6. The van der Waals surface area contributed by atoms with Crippen LogP contribution >= 0.6 is 0 Å². The van der Waals surface area contributed by atoms with Crippen LogP contribution in [0.3, 0.4) is 0 Å². The molecule has 1 heterocycles. The molecule has 0 amide bonds. The van der Waals surface area contributed by atoms with Crippen molar-refractivity contribution in [2.24, 2.45) is 0 Å². The molecule has 5 heteroatoms. The summed E-state index contributed by atoms with van der Waals surface area (Å²) in [4.78, 5) is 4.95. The summed E-state index contributed by atoms with van der Waals surface area (Å²) in [6, 6.07) is 84.6. The largest absolute Gasteiger partial charge is 0.372 e. The monoisotopic (exact) mass is 1090 g/mol. The number of benzene rings is 10. The predicted octanol–water partition coefficient (Wildman–Crippen LogP) is 19.4. The molecular formula is C79H66N2O3. The quantitative estimate of drug-likeness (QED) is 0.0908. The van der Waals surface area contributed by atoms with E-state index in [0.717, 1.165) is 41.0 Å². The standard InChI is InChI=1S/C79H66N2O3/c1-4-52-18-20-53(21-19-52)48-82-49-56-24-38-69-70-39-37-66(47-74(70)79(2,3)73(69)43-56)80(63-33-26-58(27-34-63)57-12-6-5-7-13-57)64-35-28-59(29-36-64)60-30-41-76-72(44-60)71-42-55(51-84-78-46-62-15-9-11-17-68(62)78)25-40-75(71)81(76)65-31-22-54(23-32-65)50-83-77-45-61-14-8-10-16-67(61)77/h4-44,47,72,76-78H,1,45-46,48-51H2,2-3H3. The molecule has 0 radical (unpaired) electrons. The summed E-state index contributed by atoms with van der Waals surface area (Å²) in [6.07, 6.45) is 11.4. The van der Waals surface area contributed by atoms with Crippen molar-refractivity contribution in [3.8, 4) is 22.3 Å². The van der Waals surface area contributed by atoms with Crippen molar-refractivity contribution in [3.05, 3.63) is 328 Å². The Bertz CT molecular complexity index is 4180. The average molecular weight is 1090 g/mol. The van der Waals surface area contributed by atoms with Crippen molar-refractivity contribution in [3.63, 3.8) is 0 Å². The van der Waals surface area contributed by atoms with Gasteiger partial charge in [-0.1, -0.05) is 221 Å². The molecule has 410 valence electrons. The van der Waals surface area contributed by atoms with Crippen LogP contribution in [0.2, 0.25) is 0 Å². The van der Waals surface area contributed by atoms with E-state index in [9.17, 15) is 0 Å². The van der Waals surface area contributed by atoms with E-state index in [0.29, 0.717) is 26.4 Å². The molecule has 0 aromatic heterocycles. The first-order valence-corrected chi connectivity index (χ1v) is 29.7. The predicted molar refractivity (Wildman–Crippen MR) is 343 cm³/mol. The number of hydrogen-bond acceptors (Lipinski definition) is 5. The van der Waals surface area contributed by atoms with E-state index >= 15 is 0 Å². The fourth-order valence-corrected chi connectivity index (χ4v) is 13.6. The fraction of sp³-hybridized carbons (Fsp3) is 0.165. The maximum Gasteiger partial charge on any atom is 0.0872 e. The lowest BCUT2D eigenvalue weighted by Gasteiger charge is -2.31. The van der Waals surface area contributed by atoms with Gasteiger partial charge in [0.15, 0.2) is 0 Å². The molecule has 0 saturated heterocycles. The minimum atomic E-state index is -0.228. The van der Waals surface area contributed by atoms with Gasteiger partial charge in [0.2, 0.25) is 0 Å². The zero-order valence-corrected chi connectivity index (χ0v) is 47.6. The topological polar surface area (TPSA) is 34.2 Å². The lowest BCUT2D eigenvalue weighted by molar-refractivity contribution is 0.0243. The van der Waals surface area contributed by atoms with Crippen molar-refractivity contribution in [1.82, 2.24) is 0 Å². The molecule has 0 bridgehead atoms. The molecule has 10 aromatic carbocycles. The smallest absolute Gasteiger partial charge is 0.0872 e. The van der Waals surface area contributed by atoms with E-state index in [4.69, 9.17) is 14.2 Å². The van der Waals surface area contributed by atoms with Crippen molar-refractivity contribution >= 4 is 40.1 Å². The number of allylic oxidation sites excluding steroid dienone is 2. The number of fused-ring (bicyclic) bond motifs is 8. The van der Waals surface area contributed by atoms with Crippen molar-refractivity contribution in [2.75, 3.05) is 9.80 Å². The summed E-state index contributed by atoms with van der Waals surface area (Å²) >= 11 is 0. The number of nitrogens with zero attached hydrogens (tertiary/aromatic N) is 2. The molecule has 4 atom stereocenters. The first-order valence-electron chi connectivity index (χ1n) is 29.7. The second-order valence-corrected chi connectivity index (χ2v) is 23.8. The molecule has 0 N–H and O–H groups in total.